The van der Waals surface area contributed by atoms with Gasteiger partial charge >= 0.3 is 0 Å². The largest absolute Gasteiger partial charge is 0.508 e. The summed E-state index contributed by atoms with van der Waals surface area (Å²) in [5.74, 6) is 1.20. The van der Waals surface area contributed by atoms with Gasteiger partial charge in [0.25, 0.3) is 0 Å². The van der Waals surface area contributed by atoms with Crippen LogP contribution in [0.2, 0.25) is 0 Å². The van der Waals surface area contributed by atoms with Crippen LogP contribution in [0.1, 0.15) is 29.7 Å². The van der Waals surface area contributed by atoms with Crippen LogP contribution in [0.4, 0.5) is 0 Å². The molecule has 0 aliphatic rings. The number of rotatable bonds is 5. The van der Waals surface area contributed by atoms with Crippen molar-refractivity contribution in [3.63, 3.8) is 0 Å². The fraction of sp³-hybridized carbons (Fsp3) is 0.294. The van der Waals surface area contributed by atoms with Crippen LogP contribution in [0, 0.1) is 6.92 Å². The highest BCUT2D eigenvalue weighted by atomic mass is 16.5. The second-order valence-electron chi connectivity index (χ2n) is 5.01. The maximum absolute atomic E-state index is 9.83. The predicted octanol–water partition coefficient (Wildman–Crippen LogP) is 3.56. The van der Waals surface area contributed by atoms with E-state index in [1.807, 2.05) is 43.3 Å². The summed E-state index contributed by atoms with van der Waals surface area (Å²) in [6.07, 6.45) is 0. The van der Waals surface area contributed by atoms with E-state index >= 15 is 0 Å². The van der Waals surface area contributed by atoms with Crippen molar-refractivity contribution in [2.24, 2.45) is 0 Å². The fourth-order valence-corrected chi connectivity index (χ4v) is 2.13. The first-order chi connectivity index (χ1) is 9.60. The van der Waals surface area contributed by atoms with Crippen LogP contribution in [0.15, 0.2) is 42.5 Å². The molecule has 0 aliphatic carbocycles. The minimum absolute atomic E-state index is 0.209. The number of phenolic OH excluding ortho intramolecular Hbond substituents is 1. The number of benzene rings is 2. The zero-order valence-corrected chi connectivity index (χ0v) is 12.2. The highest BCUT2D eigenvalue weighted by Gasteiger charge is 2.07. The number of ether oxygens (including phenoxy) is 1. The topological polar surface area (TPSA) is 41.5 Å². The Bertz CT molecular complexity index is 564. The molecule has 0 saturated heterocycles. The average molecular weight is 271 g/mol. The number of nitrogens with one attached hydrogen (secondary N) is 1. The molecule has 0 radical (unpaired) electrons. The first kappa shape index (κ1) is 14.4. The molecule has 3 heteroatoms. The quantitative estimate of drug-likeness (QED) is 0.873. The lowest BCUT2D eigenvalue weighted by Crippen LogP contribution is -2.18. The third-order valence-electron chi connectivity index (χ3n) is 3.45. The van der Waals surface area contributed by atoms with Crippen molar-refractivity contribution < 1.29 is 9.84 Å². The van der Waals surface area contributed by atoms with Gasteiger partial charge in [-0.3, -0.25) is 0 Å². The number of aryl methyl sites for hydroxylation is 1. The van der Waals surface area contributed by atoms with E-state index in [1.165, 1.54) is 5.56 Å². The van der Waals surface area contributed by atoms with Crippen LogP contribution in [0.3, 0.4) is 0 Å². The number of hydrogen-bond donors (Lipinski definition) is 2. The smallest absolute Gasteiger partial charge is 0.120 e. The molecule has 106 valence electrons. The summed E-state index contributed by atoms with van der Waals surface area (Å²) in [6.45, 7) is 4.77. The van der Waals surface area contributed by atoms with Gasteiger partial charge in [-0.05, 0) is 37.6 Å². The van der Waals surface area contributed by atoms with Crippen LogP contribution in [0.25, 0.3) is 0 Å². The van der Waals surface area contributed by atoms with Crippen molar-refractivity contribution in [3.8, 4) is 11.5 Å². The number of aromatic hydroxyl groups is 1. The van der Waals surface area contributed by atoms with Crippen molar-refractivity contribution in [2.75, 3.05) is 7.11 Å². The maximum atomic E-state index is 9.83. The second-order valence-corrected chi connectivity index (χ2v) is 5.01. The maximum Gasteiger partial charge on any atom is 0.120 e. The SMILES string of the molecule is COc1ccc([C@H](C)NCc2cc(C)ccc2O)cc1. The van der Waals surface area contributed by atoms with Gasteiger partial charge in [0.05, 0.1) is 7.11 Å². The minimum atomic E-state index is 0.209. The van der Waals surface area contributed by atoms with Crippen LogP contribution >= 0.6 is 0 Å². The second kappa shape index (κ2) is 6.44. The molecule has 0 amide bonds. The number of methoxy groups -OCH3 is 1. The van der Waals surface area contributed by atoms with E-state index in [0.717, 1.165) is 16.9 Å². The first-order valence-electron chi connectivity index (χ1n) is 6.76. The molecule has 0 spiro atoms. The van der Waals surface area contributed by atoms with Gasteiger partial charge in [-0.15, -0.1) is 0 Å². The molecule has 3 nitrogen and oxygen atoms in total. The Morgan fingerprint density at radius 1 is 1.15 bits per heavy atom. The number of hydrogen-bond acceptors (Lipinski definition) is 3. The van der Waals surface area contributed by atoms with E-state index in [9.17, 15) is 5.11 Å². The molecular weight excluding hydrogens is 250 g/mol. The van der Waals surface area contributed by atoms with E-state index in [-0.39, 0.29) is 6.04 Å². The Morgan fingerprint density at radius 2 is 1.85 bits per heavy atom. The van der Waals surface area contributed by atoms with E-state index < -0.39 is 0 Å². The summed E-state index contributed by atoms with van der Waals surface area (Å²) >= 11 is 0. The Hall–Kier alpha value is -2.00. The Labute approximate surface area is 120 Å². The van der Waals surface area contributed by atoms with Crippen LogP contribution in [0.5, 0.6) is 11.5 Å². The van der Waals surface area contributed by atoms with Gasteiger partial charge < -0.3 is 15.2 Å². The van der Waals surface area contributed by atoms with Gasteiger partial charge in [0.15, 0.2) is 0 Å². The lowest BCUT2D eigenvalue weighted by Gasteiger charge is -2.15. The van der Waals surface area contributed by atoms with Gasteiger partial charge in [0, 0.05) is 18.2 Å². The summed E-state index contributed by atoms with van der Waals surface area (Å²) < 4.78 is 5.15. The highest BCUT2D eigenvalue weighted by molar-refractivity contribution is 5.36. The van der Waals surface area contributed by atoms with Gasteiger partial charge in [0.1, 0.15) is 11.5 Å². The molecule has 0 heterocycles. The molecular formula is C17H21NO2. The number of phenols is 1. The summed E-state index contributed by atoms with van der Waals surface area (Å²) in [5, 5.41) is 13.3. The summed E-state index contributed by atoms with van der Waals surface area (Å²) in [6, 6.07) is 13.9. The molecule has 20 heavy (non-hydrogen) atoms. The molecule has 0 bridgehead atoms. The Kier molecular flexibility index (Phi) is 4.64. The van der Waals surface area contributed by atoms with Crippen molar-refractivity contribution in [2.45, 2.75) is 26.4 Å². The molecule has 2 N–H and O–H groups in total. The van der Waals surface area contributed by atoms with E-state index in [1.54, 1.807) is 13.2 Å². The van der Waals surface area contributed by atoms with Crippen molar-refractivity contribution in [1.29, 1.82) is 0 Å². The molecule has 2 aromatic carbocycles. The summed E-state index contributed by atoms with van der Waals surface area (Å²) in [7, 11) is 1.66. The fourth-order valence-electron chi connectivity index (χ4n) is 2.13. The van der Waals surface area contributed by atoms with E-state index in [2.05, 4.69) is 12.2 Å². The highest BCUT2D eigenvalue weighted by Crippen LogP contribution is 2.21. The van der Waals surface area contributed by atoms with Crippen molar-refractivity contribution in [1.82, 2.24) is 5.32 Å². The third kappa shape index (κ3) is 3.52. The third-order valence-corrected chi connectivity index (χ3v) is 3.45. The summed E-state index contributed by atoms with van der Waals surface area (Å²) in [5.41, 5.74) is 3.26. The molecule has 2 aromatic rings. The normalized spacial score (nSPS) is 12.2. The molecule has 0 aliphatic heterocycles. The van der Waals surface area contributed by atoms with Gasteiger partial charge in [-0.2, -0.15) is 0 Å². The van der Waals surface area contributed by atoms with Gasteiger partial charge in [-0.1, -0.05) is 29.8 Å². The van der Waals surface area contributed by atoms with Gasteiger partial charge in [-0.25, -0.2) is 0 Å². The summed E-state index contributed by atoms with van der Waals surface area (Å²) in [4.78, 5) is 0. The zero-order chi connectivity index (χ0) is 14.5. The van der Waals surface area contributed by atoms with Crippen LogP contribution < -0.4 is 10.1 Å². The lowest BCUT2D eigenvalue weighted by atomic mass is 10.1. The minimum Gasteiger partial charge on any atom is -0.508 e. The van der Waals surface area contributed by atoms with E-state index in [4.69, 9.17) is 4.74 Å². The molecule has 0 unspecified atom stereocenters. The zero-order valence-electron chi connectivity index (χ0n) is 12.2. The first-order valence-corrected chi connectivity index (χ1v) is 6.76. The van der Waals surface area contributed by atoms with Crippen molar-refractivity contribution in [3.05, 3.63) is 59.2 Å². The molecule has 0 saturated carbocycles. The van der Waals surface area contributed by atoms with Gasteiger partial charge in [0.2, 0.25) is 0 Å². The monoisotopic (exact) mass is 271 g/mol. The Balaban J connectivity index is 2.00. The van der Waals surface area contributed by atoms with Crippen LogP contribution in [-0.4, -0.2) is 12.2 Å². The molecule has 1 atom stereocenters. The van der Waals surface area contributed by atoms with E-state index in [0.29, 0.717) is 12.3 Å². The molecule has 0 fully saturated rings. The average Bonchev–Trinajstić information content (AvgIpc) is 2.48. The molecule has 0 aromatic heterocycles. The lowest BCUT2D eigenvalue weighted by molar-refractivity contribution is 0.414. The Morgan fingerprint density at radius 3 is 2.50 bits per heavy atom. The standard InChI is InChI=1S/C17H21NO2/c1-12-4-9-17(19)15(10-12)11-18-13(2)14-5-7-16(20-3)8-6-14/h4-10,13,18-19H,11H2,1-3H3/t13-/m0/s1. The molecule has 2 rings (SSSR count). The van der Waals surface area contributed by atoms with Crippen LogP contribution in [-0.2, 0) is 6.54 Å². The predicted molar refractivity (Wildman–Crippen MR) is 81.1 cm³/mol. The van der Waals surface area contributed by atoms with Crippen molar-refractivity contribution >= 4 is 0 Å².